The van der Waals surface area contributed by atoms with Crippen molar-refractivity contribution in [2.75, 3.05) is 6.26 Å². The summed E-state index contributed by atoms with van der Waals surface area (Å²) in [7, 11) is 0. The third-order valence-electron chi connectivity index (χ3n) is 3.08. The average Bonchev–Trinajstić information content (AvgIpc) is 2.46. The summed E-state index contributed by atoms with van der Waals surface area (Å²) in [5, 5.41) is 3.56. The van der Waals surface area contributed by atoms with E-state index in [-0.39, 0.29) is 0 Å². The van der Waals surface area contributed by atoms with Crippen molar-refractivity contribution in [2.24, 2.45) is 0 Å². The molecule has 0 saturated heterocycles. The van der Waals surface area contributed by atoms with Crippen molar-refractivity contribution >= 4 is 38.5 Å². The molecular formula is C16H12BrNS. The van der Waals surface area contributed by atoms with Gasteiger partial charge in [0.05, 0.1) is 0 Å². The fourth-order valence-corrected chi connectivity index (χ4v) is 3.30. The van der Waals surface area contributed by atoms with Crippen LogP contribution in [-0.4, -0.2) is 11.2 Å². The molecule has 94 valence electrons. The Labute approximate surface area is 125 Å². The second-order valence-electron chi connectivity index (χ2n) is 4.23. The van der Waals surface area contributed by atoms with E-state index in [0.717, 1.165) is 9.50 Å². The summed E-state index contributed by atoms with van der Waals surface area (Å²) in [5.41, 5.74) is 2.41. The molecule has 0 unspecified atom stereocenters. The zero-order valence-electron chi connectivity index (χ0n) is 10.4. The van der Waals surface area contributed by atoms with Crippen LogP contribution in [0.2, 0.25) is 0 Å². The third-order valence-corrected chi connectivity index (χ3v) is 4.25. The normalized spacial score (nSPS) is 10.8. The van der Waals surface area contributed by atoms with Crippen LogP contribution in [0.3, 0.4) is 0 Å². The highest BCUT2D eigenvalue weighted by Crippen LogP contribution is 2.35. The summed E-state index contributed by atoms with van der Waals surface area (Å²) in [5.74, 6) is 0. The first kappa shape index (κ1) is 12.7. The van der Waals surface area contributed by atoms with Gasteiger partial charge < -0.3 is 0 Å². The van der Waals surface area contributed by atoms with Gasteiger partial charge in [0.1, 0.15) is 5.03 Å². The summed E-state index contributed by atoms with van der Waals surface area (Å²) >= 11 is 5.28. The maximum absolute atomic E-state index is 4.46. The Kier molecular flexibility index (Phi) is 3.58. The molecule has 0 N–H and O–H groups in total. The van der Waals surface area contributed by atoms with Crippen molar-refractivity contribution < 1.29 is 0 Å². The summed E-state index contributed by atoms with van der Waals surface area (Å²) in [6.07, 6.45) is 3.90. The van der Waals surface area contributed by atoms with Crippen molar-refractivity contribution in [3.8, 4) is 11.1 Å². The summed E-state index contributed by atoms with van der Waals surface area (Å²) in [6.45, 7) is 0. The number of aromatic nitrogens is 1. The maximum Gasteiger partial charge on any atom is 0.104 e. The van der Waals surface area contributed by atoms with Crippen LogP contribution in [0.4, 0.5) is 0 Å². The molecule has 0 bridgehead atoms. The lowest BCUT2D eigenvalue weighted by atomic mass is 9.99. The highest BCUT2D eigenvalue weighted by atomic mass is 79.9. The van der Waals surface area contributed by atoms with Gasteiger partial charge in [-0.3, -0.25) is 0 Å². The van der Waals surface area contributed by atoms with Gasteiger partial charge in [0.25, 0.3) is 0 Å². The molecule has 0 atom stereocenters. The van der Waals surface area contributed by atoms with Gasteiger partial charge in [-0.25, -0.2) is 4.98 Å². The number of thioether (sulfide) groups is 1. The lowest BCUT2D eigenvalue weighted by Crippen LogP contribution is -1.87. The Hall–Kier alpha value is -1.32. The van der Waals surface area contributed by atoms with Crippen LogP contribution in [-0.2, 0) is 0 Å². The molecule has 0 amide bonds. The minimum Gasteiger partial charge on any atom is -0.249 e. The number of benzene rings is 2. The van der Waals surface area contributed by atoms with Gasteiger partial charge in [-0.15, -0.1) is 11.8 Å². The molecule has 0 saturated carbocycles. The second kappa shape index (κ2) is 5.35. The maximum atomic E-state index is 4.46. The van der Waals surface area contributed by atoms with E-state index < -0.39 is 0 Å². The second-order valence-corrected chi connectivity index (χ2v) is 5.95. The molecular weight excluding hydrogens is 318 g/mol. The molecule has 19 heavy (non-hydrogen) atoms. The van der Waals surface area contributed by atoms with Crippen LogP contribution < -0.4 is 0 Å². The topological polar surface area (TPSA) is 12.9 Å². The van der Waals surface area contributed by atoms with E-state index in [0.29, 0.717) is 0 Å². The SMILES string of the molecule is CSc1ncccc1-c1cc(Br)cc2ccccc12. The minimum atomic E-state index is 1.06. The molecule has 3 heteroatoms. The molecule has 1 heterocycles. The Morgan fingerprint density at radius 1 is 1.00 bits per heavy atom. The molecule has 2 aromatic carbocycles. The summed E-state index contributed by atoms with van der Waals surface area (Å²) < 4.78 is 1.09. The predicted molar refractivity (Wildman–Crippen MR) is 86.7 cm³/mol. The smallest absolute Gasteiger partial charge is 0.104 e. The molecule has 1 nitrogen and oxygen atoms in total. The molecule has 0 aliphatic carbocycles. The molecule has 3 aromatic rings. The Bertz CT molecular complexity index is 740. The zero-order chi connectivity index (χ0) is 13.2. The van der Waals surface area contributed by atoms with Crippen LogP contribution in [0.1, 0.15) is 0 Å². The van der Waals surface area contributed by atoms with Gasteiger partial charge in [-0.2, -0.15) is 0 Å². The highest BCUT2D eigenvalue weighted by molar-refractivity contribution is 9.10. The Morgan fingerprint density at radius 2 is 1.84 bits per heavy atom. The number of pyridine rings is 1. The van der Waals surface area contributed by atoms with E-state index in [4.69, 9.17) is 0 Å². The molecule has 0 aliphatic rings. The first-order valence-electron chi connectivity index (χ1n) is 5.97. The fraction of sp³-hybridized carbons (Fsp3) is 0.0625. The van der Waals surface area contributed by atoms with Crippen molar-refractivity contribution in [2.45, 2.75) is 5.03 Å². The van der Waals surface area contributed by atoms with Crippen molar-refractivity contribution in [1.29, 1.82) is 0 Å². The summed E-state index contributed by atoms with van der Waals surface area (Å²) in [4.78, 5) is 4.46. The van der Waals surface area contributed by atoms with Crippen LogP contribution in [0.15, 0.2) is 64.2 Å². The number of hydrogen-bond acceptors (Lipinski definition) is 2. The van der Waals surface area contributed by atoms with E-state index in [9.17, 15) is 0 Å². The largest absolute Gasteiger partial charge is 0.249 e. The van der Waals surface area contributed by atoms with Gasteiger partial charge in [0.15, 0.2) is 0 Å². The quantitative estimate of drug-likeness (QED) is 0.585. The molecule has 0 aliphatic heterocycles. The number of hydrogen-bond donors (Lipinski definition) is 0. The zero-order valence-corrected chi connectivity index (χ0v) is 12.8. The molecule has 3 rings (SSSR count). The fourth-order valence-electron chi connectivity index (χ4n) is 2.26. The molecule has 0 spiro atoms. The first-order valence-corrected chi connectivity index (χ1v) is 7.99. The van der Waals surface area contributed by atoms with Gasteiger partial charge in [-0.1, -0.05) is 46.3 Å². The Morgan fingerprint density at radius 3 is 2.68 bits per heavy atom. The van der Waals surface area contributed by atoms with Gasteiger partial charge in [0.2, 0.25) is 0 Å². The van der Waals surface area contributed by atoms with Crippen LogP contribution in [0, 0.1) is 0 Å². The van der Waals surface area contributed by atoms with E-state index >= 15 is 0 Å². The lowest BCUT2D eigenvalue weighted by molar-refractivity contribution is 1.14. The molecule has 0 fully saturated rings. The predicted octanol–water partition coefficient (Wildman–Crippen LogP) is 5.39. The van der Waals surface area contributed by atoms with Crippen molar-refractivity contribution in [3.63, 3.8) is 0 Å². The van der Waals surface area contributed by atoms with E-state index in [2.05, 4.69) is 69.6 Å². The van der Waals surface area contributed by atoms with Crippen LogP contribution >= 0.6 is 27.7 Å². The monoisotopic (exact) mass is 329 g/mol. The van der Waals surface area contributed by atoms with Crippen molar-refractivity contribution in [1.82, 2.24) is 4.98 Å². The highest BCUT2D eigenvalue weighted by Gasteiger charge is 2.09. The first-order chi connectivity index (χ1) is 9.29. The van der Waals surface area contributed by atoms with Gasteiger partial charge >= 0.3 is 0 Å². The van der Waals surface area contributed by atoms with Crippen LogP contribution in [0.5, 0.6) is 0 Å². The molecule has 1 aromatic heterocycles. The Balaban J connectivity index is 2.36. The average molecular weight is 330 g/mol. The van der Waals surface area contributed by atoms with Crippen molar-refractivity contribution in [3.05, 3.63) is 59.2 Å². The standard InChI is InChI=1S/C16H12BrNS/c1-19-16-14(7-4-8-18-16)15-10-12(17)9-11-5-2-3-6-13(11)15/h2-10H,1H3. The number of rotatable bonds is 2. The van der Waals surface area contributed by atoms with Crippen LogP contribution in [0.25, 0.3) is 21.9 Å². The number of halogens is 1. The molecule has 0 radical (unpaired) electrons. The minimum absolute atomic E-state index is 1.06. The van der Waals surface area contributed by atoms with Gasteiger partial charge in [-0.05, 0) is 40.8 Å². The number of nitrogens with zero attached hydrogens (tertiary/aromatic N) is 1. The van der Waals surface area contributed by atoms with E-state index in [1.807, 2.05) is 12.3 Å². The lowest BCUT2D eigenvalue weighted by Gasteiger charge is -2.10. The van der Waals surface area contributed by atoms with E-state index in [1.54, 1.807) is 11.8 Å². The third kappa shape index (κ3) is 2.40. The number of fused-ring (bicyclic) bond motifs is 1. The van der Waals surface area contributed by atoms with Gasteiger partial charge in [0, 0.05) is 16.2 Å². The summed E-state index contributed by atoms with van der Waals surface area (Å²) in [6, 6.07) is 16.9. The van der Waals surface area contributed by atoms with E-state index in [1.165, 1.54) is 21.9 Å².